The van der Waals surface area contributed by atoms with Crippen molar-refractivity contribution < 1.29 is 0 Å². The minimum atomic E-state index is 0.460. The van der Waals surface area contributed by atoms with Gasteiger partial charge in [-0.1, -0.05) is 31.5 Å². The summed E-state index contributed by atoms with van der Waals surface area (Å²) in [5.74, 6) is 0.460. The topological polar surface area (TPSA) is 6.48 Å². The zero-order valence-corrected chi connectivity index (χ0v) is 14.3. The first-order chi connectivity index (χ1) is 9.67. The van der Waals surface area contributed by atoms with E-state index in [9.17, 15) is 0 Å². The van der Waals surface area contributed by atoms with Crippen molar-refractivity contribution in [3.8, 4) is 0 Å². The van der Waals surface area contributed by atoms with Gasteiger partial charge < -0.3 is 9.80 Å². The molecule has 0 radical (unpaired) electrons. The molecular weight excluding hydrogens is 291 g/mol. The number of nitrogens with zero attached hydrogens (tertiary/aromatic N) is 2. The number of benzene rings is 1. The Hall–Kier alpha value is -0.440. The summed E-state index contributed by atoms with van der Waals surface area (Å²) in [5, 5.41) is 0.764. The predicted molar refractivity (Wildman–Crippen MR) is 91.3 cm³/mol. The second-order valence-corrected chi connectivity index (χ2v) is 5.51. The summed E-state index contributed by atoms with van der Waals surface area (Å²) < 4.78 is 0. The van der Waals surface area contributed by atoms with Crippen LogP contribution in [0, 0.1) is 0 Å². The van der Waals surface area contributed by atoms with Gasteiger partial charge in [-0.25, -0.2) is 0 Å². The van der Waals surface area contributed by atoms with E-state index in [4.69, 9.17) is 23.2 Å². The van der Waals surface area contributed by atoms with Crippen LogP contribution < -0.4 is 4.90 Å². The van der Waals surface area contributed by atoms with Crippen molar-refractivity contribution in [3.63, 3.8) is 0 Å². The maximum atomic E-state index is 6.24. The van der Waals surface area contributed by atoms with Crippen LogP contribution in [0.1, 0.15) is 32.8 Å². The fourth-order valence-corrected chi connectivity index (χ4v) is 3.04. The number of anilines is 1. The van der Waals surface area contributed by atoms with E-state index in [0.29, 0.717) is 5.88 Å². The molecule has 0 N–H and O–H groups in total. The van der Waals surface area contributed by atoms with Crippen LogP contribution >= 0.6 is 23.2 Å². The molecule has 20 heavy (non-hydrogen) atoms. The van der Waals surface area contributed by atoms with Gasteiger partial charge in [0, 0.05) is 29.4 Å². The number of hydrogen-bond acceptors (Lipinski definition) is 2. The molecular formula is C16H26Cl2N2. The molecule has 0 amide bonds. The van der Waals surface area contributed by atoms with Gasteiger partial charge in [0.15, 0.2) is 0 Å². The quantitative estimate of drug-likeness (QED) is 0.612. The molecule has 1 rings (SSSR count). The first-order valence-electron chi connectivity index (χ1n) is 7.48. The Labute approximate surface area is 133 Å². The van der Waals surface area contributed by atoms with Crippen LogP contribution in [0.4, 0.5) is 5.69 Å². The second kappa shape index (κ2) is 9.49. The van der Waals surface area contributed by atoms with Gasteiger partial charge >= 0.3 is 0 Å². The lowest BCUT2D eigenvalue weighted by Gasteiger charge is -2.27. The molecule has 1 aromatic rings. The minimum absolute atomic E-state index is 0.460. The van der Waals surface area contributed by atoms with E-state index in [-0.39, 0.29) is 0 Å². The number of halogens is 2. The highest BCUT2D eigenvalue weighted by Crippen LogP contribution is 2.29. The summed E-state index contributed by atoms with van der Waals surface area (Å²) in [6.07, 6.45) is 1.16. The maximum Gasteiger partial charge on any atom is 0.0509 e. The third-order valence-corrected chi connectivity index (χ3v) is 4.37. The normalized spacial score (nSPS) is 11.1. The highest BCUT2D eigenvalue weighted by atomic mass is 35.5. The van der Waals surface area contributed by atoms with Gasteiger partial charge in [-0.3, -0.25) is 0 Å². The first kappa shape index (κ1) is 17.6. The molecule has 0 atom stereocenters. The van der Waals surface area contributed by atoms with Gasteiger partial charge in [-0.05, 0) is 45.1 Å². The van der Waals surface area contributed by atoms with Crippen LogP contribution in [-0.2, 0) is 5.88 Å². The van der Waals surface area contributed by atoms with Gasteiger partial charge in [-0.2, -0.15) is 0 Å². The summed E-state index contributed by atoms with van der Waals surface area (Å²) in [4.78, 5) is 4.82. The SMILES string of the molecule is CCN(CC)CCCN(CC)c1cccc(Cl)c1CCl. The Kier molecular flexibility index (Phi) is 8.35. The third kappa shape index (κ3) is 4.83. The van der Waals surface area contributed by atoms with Crippen LogP contribution in [-0.4, -0.2) is 37.6 Å². The van der Waals surface area contributed by atoms with Gasteiger partial charge in [-0.15, -0.1) is 11.6 Å². The lowest BCUT2D eigenvalue weighted by Crippen LogP contribution is -2.30. The highest BCUT2D eigenvalue weighted by Gasteiger charge is 2.12. The third-order valence-electron chi connectivity index (χ3n) is 3.75. The lowest BCUT2D eigenvalue weighted by molar-refractivity contribution is 0.300. The predicted octanol–water partition coefficient (Wildman–Crippen LogP) is 4.64. The molecule has 0 saturated carbocycles. The van der Waals surface area contributed by atoms with Crippen molar-refractivity contribution in [1.82, 2.24) is 4.90 Å². The molecule has 0 aliphatic heterocycles. The van der Waals surface area contributed by atoms with Crippen molar-refractivity contribution in [2.45, 2.75) is 33.1 Å². The van der Waals surface area contributed by atoms with Gasteiger partial charge in [0.25, 0.3) is 0 Å². The smallest absolute Gasteiger partial charge is 0.0509 e. The van der Waals surface area contributed by atoms with E-state index in [1.54, 1.807) is 0 Å². The van der Waals surface area contributed by atoms with Crippen LogP contribution in [0.3, 0.4) is 0 Å². The molecule has 2 nitrogen and oxygen atoms in total. The van der Waals surface area contributed by atoms with E-state index in [1.807, 2.05) is 12.1 Å². The van der Waals surface area contributed by atoms with Gasteiger partial charge in [0.1, 0.15) is 0 Å². The average molecular weight is 317 g/mol. The zero-order chi connectivity index (χ0) is 15.0. The Bertz CT molecular complexity index is 392. The summed E-state index contributed by atoms with van der Waals surface area (Å²) in [5.41, 5.74) is 2.22. The summed E-state index contributed by atoms with van der Waals surface area (Å²) in [6, 6.07) is 6.03. The van der Waals surface area contributed by atoms with Crippen LogP contribution in [0.5, 0.6) is 0 Å². The first-order valence-corrected chi connectivity index (χ1v) is 8.39. The van der Waals surface area contributed by atoms with Crippen molar-refractivity contribution in [2.75, 3.05) is 37.6 Å². The van der Waals surface area contributed by atoms with E-state index in [2.05, 4.69) is 36.6 Å². The Morgan fingerprint density at radius 3 is 2.25 bits per heavy atom. The molecule has 1 aromatic carbocycles. The summed E-state index contributed by atoms with van der Waals surface area (Å²) in [7, 11) is 0. The largest absolute Gasteiger partial charge is 0.371 e. The highest BCUT2D eigenvalue weighted by molar-refractivity contribution is 6.32. The van der Waals surface area contributed by atoms with Gasteiger partial charge in [0.05, 0.1) is 5.88 Å². The Morgan fingerprint density at radius 1 is 1.00 bits per heavy atom. The molecule has 4 heteroatoms. The minimum Gasteiger partial charge on any atom is -0.371 e. The Balaban J connectivity index is 2.69. The van der Waals surface area contributed by atoms with E-state index in [1.165, 1.54) is 5.69 Å². The van der Waals surface area contributed by atoms with Crippen molar-refractivity contribution in [3.05, 3.63) is 28.8 Å². The van der Waals surface area contributed by atoms with Crippen molar-refractivity contribution in [1.29, 1.82) is 0 Å². The Morgan fingerprint density at radius 2 is 1.70 bits per heavy atom. The van der Waals surface area contributed by atoms with Crippen LogP contribution in [0.2, 0.25) is 5.02 Å². The lowest BCUT2D eigenvalue weighted by atomic mass is 10.1. The van der Waals surface area contributed by atoms with Crippen LogP contribution in [0.15, 0.2) is 18.2 Å². The van der Waals surface area contributed by atoms with E-state index >= 15 is 0 Å². The number of alkyl halides is 1. The fraction of sp³-hybridized carbons (Fsp3) is 0.625. The number of hydrogen-bond donors (Lipinski definition) is 0. The maximum absolute atomic E-state index is 6.24. The molecule has 0 saturated heterocycles. The average Bonchev–Trinajstić information content (AvgIpc) is 2.47. The summed E-state index contributed by atoms with van der Waals surface area (Å²) in [6.45, 7) is 12.0. The number of rotatable bonds is 9. The second-order valence-electron chi connectivity index (χ2n) is 4.83. The fourth-order valence-electron chi connectivity index (χ4n) is 2.45. The molecule has 0 heterocycles. The van der Waals surface area contributed by atoms with E-state index in [0.717, 1.165) is 49.7 Å². The van der Waals surface area contributed by atoms with Crippen molar-refractivity contribution in [2.24, 2.45) is 0 Å². The summed E-state index contributed by atoms with van der Waals surface area (Å²) >= 11 is 12.3. The molecule has 0 fully saturated rings. The molecule has 0 spiro atoms. The molecule has 0 aliphatic rings. The van der Waals surface area contributed by atoms with Crippen molar-refractivity contribution >= 4 is 28.9 Å². The molecule has 0 aliphatic carbocycles. The molecule has 0 bridgehead atoms. The van der Waals surface area contributed by atoms with Gasteiger partial charge in [0.2, 0.25) is 0 Å². The molecule has 114 valence electrons. The van der Waals surface area contributed by atoms with Crippen LogP contribution in [0.25, 0.3) is 0 Å². The molecule has 0 aromatic heterocycles. The zero-order valence-electron chi connectivity index (χ0n) is 12.8. The molecule has 0 unspecified atom stereocenters. The monoisotopic (exact) mass is 316 g/mol. The standard InChI is InChI=1S/C16H26Cl2N2/c1-4-19(5-2)11-8-12-20(6-3)16-10-7-9-15(18)14(16)13-17/h7,9-10H,4-6,8,11-13H2,1-3H3. The van der Waals surface area contributed by atoms with E-state index < -0.39 is 0 Å².